The van der Waals surface area contributed by atoms with Gasteiger partial charge in [-0.25, -0.2) is 0 Å². The number of carbonyl (C=O) groups is 1. The minimum Gasteiger partial charge on any atom is -0.384 e. The number of halogens is 1. The van der Waals surface area contributed by atoms with Gasteiger partial charge in [0.15, 0.2) is 0 Å². The molecule has 0 bridgehead atoms. The summed E-state index contributed by atoms with van der Waals surface area (Å²) >= 11 is 5.35. The third-order valence-electron chi connectivity index (χ3n) is 2.04. The molecule has 3 heteroatoms. The van der Waals surface area contributed by atoms with Gasteiger partial charge in [-0.3, -0.25) is 4.79 Å². The Balaban J connectivity index is 2.45. The molecule has 0 amide bonds. The summed E-state index contributed by atoms with van der Waals surface area (Å²) in [4.78, 5) is 10.8. The molecule has 1 aliphatic heterocycles. The average molecular weight is 182 g/mol. The van der Waals surface area contributed by atoms with Gasteiger partial charge >= 0.3 is 0 Å². The van der Waals surface area contributed by atoms with Crippen LogP contribution in [0, 0.1) is 0 Å². The molecule has 62 valence electrons. The fraction of sp³-hybridized carbons (Fsp3) is 0.222. The van der Waals surface area contributed by atoms with E-state index >= 15 is 0 Å². The molecule has 1 N–H and O–H groups in total. The Morgan fingerprint density at radius 2 is 2.33 bits per heavy atom. The van der Waals surface area contributed by atoms with E-state index in [-0.39, 0.29) is 5.24 Å². The largest absolute Gasteiger partial charge is 0.384 e. The third kappa shape index (κ3) is 1.18. The van der Waals surface area contributed by atoms with Crippen LogP contribution in [0.3, 0.4) is 0 Å². The van der Waals surface area contributed by atoms with E-state index in [1.165, 1.54) is 5.56 Å². The van der Waals surface area contributed by atoms with Gasteiger partial charge in [0.05, 0.1) is 0 Å². The molecule has 0 radical (unpaired) electrons. The van der Waals surface area contributed by atoms with Gasteiger partial charge in [-0.15, -0.1) is 0 Å². The molecule has 2 nitrogen and oxygen atoms in total. The van der Waals surface area contributed by atoms with Crippen LogP contribution in [-0.4, -0.2) is 11.8 Å². The Morgan fingerprint density at radius 1 is 1.50 bits per heavy atom. The Hall–Kier alpha value is -1.02. The van der Waals surface area contributed by atoms with E-state index in [0.717, 1.165) is 18.7 Å². The molecule has 1 heterocycles. The molecule has 0 spiro atoms. The smallest absolute Gasteiger partial charge is 0.252 e. The maximum atomic E-state index is 10.8. The zero-order valence-corrected chi connectivity index (χ0v) is 7.19. The summed E-state index contributed by atoms with van der Waals surface area (Å²) in [5, 5.41) is 2.83. The van der Waals surface area contributed by atoms with Gasteiger partial charge in [-0.05, 0) is 41.8 Å². The number of nitrogens with one attached hydrogen (secondary N) is 1. The number of carbonyl (C=O) groups excluding carboxylic acids is 1. The van der Waals surface area contributed by atoms with Gasteiger partial charge in [0, 0.05) is 17.8 Å². The third-order valence-corrected chi connectivity index (χ3v) is 2.26. The van der Waals surface area contributed by atoms with E-state index in [1.54, 1.807) is 6.07 Å². The van der Waals surface area contributed by atoms with E-state index < -0.39 is 0 Å². The van der Waals surface area contributed by atoms with Crippen molar-refractivity contribution in [3.05, 3.63) is 29.3 Å². The van der Waals surface area contributed by atoms with E-state index in [9.17, 15) is 4.79 Å². The van der Waals surface area contributed by atoms with Crippen molar-refractivity contribution in [1.29, 1.82) is 0 Å². The van der Waals surface area contributed by atoms with Crippen molar-refractivity contribution >= 4 is 22.5 Å². The second kappa shape index (κ2) is 2.79. The molecular weight excluding hydrogens is 174 g/mol. The summed E-state index contributed by atoms with van der Waals surface area (Å²) in [6.07, 6.45) is 0.980. The number of rotatable bonds is 1. The maximum absolute atomic E-state index is 10.8. The molecule has 0 unspecified atom stereocenters. The summed E-state index contributed by atoms with van der Waals surface area (Å²) in [6.45, 7) is 0.954. The molecule has 0 aliphatic carbocycles. The Labute approximate surface area is 75.5 Å². The highest BCUT2D eigenvalue weighted by atomic mass is 35.5. The number of hydrogen-bond acceptors (Lipinski definition) is 2. The van der Waals surface area contributed by atoms with Crippen LogP contribution in [0.1, 0.15) is 15.9 Å². The predicted molar refractivity (Wildman–Crippen MR) is 48.8 cm³/mol. The second-order valence-corrected chi connectivity index (χ2v) is 3.17. The van der Waals surface area contributed by atoms with Gasteiger partial charge in [-0.1, -0.05) is 0 Å². The molecule has 0 saturated heterocycles. The lowest BCUT2D eigenvalue weighted by Crippen LogP contribution is -1.91. The van der Waals surface area contributed by atoms with Crippen LogP contribution >= 0.6 is 11.6 Å². The fourth-order valence-corrected chi connectivity index (χ4v) is 1.54. The summed E-state index contributed by atoms with van der Waals surface area (Å²) in [5.41, 5.74) is 2.89. The average Bonchev–Trinajstić information content (AvgIpc) is 2.49. The van der Waals surface area contributed by atoms with Crippen LogP contribution in [0.4, 0.5) is 5.69 Å². The maximum Gasteiger partial charge on any atom is 0.252 e. The molecule has 12 heavy (non-hydrogen) atoms. The van der Waals surface area contributed by atoms with Crippen molar-refractivity contribution in [1.82, 2.24) is 0 Å². The molecule has 1 aromatic carbocycles. The molecule has 1 aromatic rings. The molecule has 0 fully saturated rings. The van der Waals surface area contributed by atoms with E-state index in [0.29, 0.717) is 5.56 Å². The van der Waals surface area contributed by atoms with Crippen LogP contribution in [0.2, 0.25) is 0 Å². The standard InChI is InChI=1S/C9H8ClNO/c10-9(12)7-1-2-8-6(5-7)3-4-11-8/h1-2,5,11H,3-4H2. The van der Waals surface area contributed by atoms with Crippen LogP contribution < -0.4 is 5.32 Å². The Morgan fingerprint density at radius 3 is 3.08 bits per heavy atom. The number of fused-ring (bicyclic) bond motifs is 1. The van der Waals surface area contributed by atoms with Crippen molar-refractivity contribution in [2.45, 2.75) is 6.42 Å². The van der Waals surface area contributed by atoms with Crippen molar-refractivity contribution in [2.24, 2.45) is 0 Å². The van der Waals surface area contributed by atoms with Crippen LogP contribution in [-0.2, 0) is 6.42 Å². The van der Waals surface area contributed by atoms with Crippen LogP contribution in [0.15, 0.2) is 18.2 Å². The van der Waals surface area contributed by atoms with Gasteiger partial charge in [0.25, 0.3) is 5.24 Å². The van der Waals surface area contributed by atoms with Crippen molar-refractivity contribution in [3.8, 4) is 0 Å². The Kier molecular flexibility index (Phi) is 1.77. The quantitative estimate of drug-likeness (QED) is 0.672. The molecule has 2 rings (SSSR count). The van der Waals surface area contributed by atoms with Crippen molar-refractivity contribution in [2.75, 3.05) is 11.9 Å². The molecular formula is C9H8ClNO. The highest BCUT2D eigenvalue weighted by molar-refractivity contribution is 6.67. The molecule has 0 saturated carbocycles. The molecule has 1 aliphatic rings. The van der Waals surface area contributed by atoms with Crippen molar-refractivity contribution < 1.29 is 4.79 Å². The predicted octanol–water partition coefficient (Wildman–Crippen LogP) is 2.03. The van der Waals surface area contributed by atoms with E-state index in [4.69, 9.17) is 11.6 Å². The SMILES string of the molecule is O=C(Cl)c1ccc2c(c1)CCN2. The normalized spacial score (nSPS) is 13.8. The zero-order chi connectivity index (χ0) is 8.55. The zero-order valence-electron chi connectivity index (χ0n) is 6.43. The number of anilines is 1. The van der Waals surface area contributed by atoms with Crippen LogP contribution in [0.25, 0.3) is 0 Å². The number of benzene rings is 1. The summed E-state index contributed by atoms with van der Waals surface area (Å²) in [6, 6.07) is 5.50. The van der Waals surface area contributed by atoms with Crippen molar-refractivity contribution in [3.63, 3.8) is 0 Å². The highest BCUT2D eigenvalue weighted by Crippen LogP contribution is 2.23. The summed E-state index contributed by atoms with van der Waals surface area (Å²) in [7, 11) is 0. The fourth-order valence-electron chi connectivity index (χ4n) is 1.43. The topological polar surface area (TPSA) is 29.1 Å². The monoisotopic (exact) mass is 181 g/mol. The Bertz CT molecular complexity index is 335. The van der Waals surface area contributed by atoms with Gasteiger partial charge in [0.2, 0.25) is 0 Å². The van der Waals surface area contributed by atoms with Gasteiger partial charge in [-0.2, -0.15) is 0 Å². The van der Waals surface area contributed by atoms with Gasteiger partial charge < -0.3 is 5.32 Å². The molecule has 0 aromatic heterocycles. The lowest BCUT2D eigenvalue weighted by Gasteiger charge is -1.99. The second-order valence-electron chi connectivity index (χ2n) is 2.82. The highest BCUT2D eigenvalue weighted by Gasteiger charge is 2.11. The van der Waals surface area contributed by atoms with E-state index in [1.807, 2.05) is 12.1 Å². The lowest BCUT2D eigenvalue weighted by atomic mass is 10.1. The summed E-state index contributed by atoms with van der Waals surface area (Å²) < 4.78 is 0. The number of hydrogen-bond donors (Lipinski definition) is 1. The lowest BCUT2D eigenvalue weighted by molar-refractivity contribution is 0.108. The molecule has 0 atom stereocenters. The first kappa shape index (κ1) is 7.62. The minimum atomic E-state index is -0.385. The minimum absolute atomic E-state index is 0.385. The van der Waals surface area contributed by atoms with Crippen LogP contribution in [0.5, 0.6) is 0 Å². The first-order valence-electron chi connectivity index (χ1n) is 3.84. The summed E-state index contributed by atoms with van der Waals surface area (Å²) in [5.74, 6) is 0. The first-order chi connectivity index (χ1) is 5.77. The van der Waals surface area contributed by atoms with Gasteiger partial charge in [0.1, 0.15) is 0 Å². The van der Waals surface area contributed by atoms with E-state index in [2.05, 4.69) is 5.32 Å². The first-order valence-corrected chi connectivity index (χ1v) is 4.22.